The van der Waals surface area contributed by atoms with Gasteiger partial charge in [-0.15, -0.1) is 23.1 Å². The summed E-state index contributed by atoms with van der Waals surface area (Å²) >= 11 is 2.90. The minimum Gasteiger partial charge on any atom is -0.481 e. The Morgan fingerprint density at radius 1 is 1.05 bits per heavy atom. The van der Waals surface area contributed by atoms with Crippen LogP contribution in [0.4, 0.5) is 11.4 Å². The first-order chi connectivity index (χ1) is 18.3. The molecule has 192 valence electrons. The van der Waals surface area contributed by atoms with Gasteiger partial charge in [0.15, 0.2) is 0 Å². The Labute approximate surface area is 226 Å². The summed E-state index contributed by atoms with van der Waals surface area (Å²) < 4.78 is 1.11. The average Bonchev–Trinajstić information content (AvgIpc) is 3.43. The van der Waals surface area contributed by atoms with Crippen LogP contribution in [-0.4, -0.2) is 39.0 Å². The van der Waals surface area contributed by atoms with Gasteiger partial charge >= 0.3 is 5.97 Å². The summed E-state index contributed by atoms with van der Waals surface area (Å²) in [7, 11) is 0. The van der Waals surface area contributed by atoms with Gasteiger partial charge in [0.1, 0.15) is 5.01 Å². The van der Waals surface area contributed by atoms with Gasteiger partial charge in [0.25, 0.3) is 0 Å². The molecule has 1 atom stereocenters. The molecule has 1 unspecified atom stereocenters. The summed E-state index contributed by atoms with van der Waals surface area (Å²) in [6.45, 7) is 2.05. The maximum absolute atomic E-state index is 13.1. The third-order valence-electron chi connectivity index (χ3n) is 6.00. The zero-order chi connectivity index (χ0) is 26.8. The Morgan fingerprint density at radius 2 is 1.79 bits per heavy atom. The van der Waals surface area contributed by atoms with E-state index in [-0.39, 0.29) is 37.0 Å². The van der Waals surface area contributed by atoms with Crippen LogP contribution in [0.2, 0.25) is 0 Å². The van der Waals surface area contributed by atoms with Gasteiger partial charge in [0, 0.05) is 29.0 Å². The number of carbonyl (C=O) groups excluding carboxylic acids is 3. The number of imide groups is 1. The molecule has 1 aliphatic rings. The van der Waals surface area contributed by atoms with Gasteiger partial charge in [-0.05, 0) is 73.2 Å². The highest BCUT2D eigenvalue weighted by atomic mass is 32.2. The van der Waals surface area contributed by atoms with E-state index >= 15 is 0 Å². The number of carbonyl (C=O) groups is 4. The van der Waals surface area contributed by atoms with E-state index in [4.69, 9.17) is 10.1 Å². The number of nitrogens with one attached hydrogen (secondary N) is 1. The lowest BCUT2D eigenvalue weighted by atomic mass is 10.2. The number of aryl methyl sites for hydroxylation is 1. The second-order valence-electron chi connectivity index (χ2n) is 8.88. The number of nitrogens with zero attached hydrogens (tertiary/aromatic N) is 2. The number of aromatic nitrogens is 1. The lowest BCUT2D eigenvalue weighted by Gasteiger charge is -2.15. The smallest absolute Gasteiger partial charge is 0.303 e. The van der Waals surface area contributed by atoms with Gasteiger partial charge in [-0.25, -0.2) is 9.88 Å². The largest absolute Gasteiger partial charge is 0.481 e. The van der Waals surface area contributed by atoms with Crippen molar-refractivity contribution in [1.82, 2.24) is 4.98 Å². The molecule has 0 radical (unpaired) electrons. The molecule has 0 spiro atoms. The molecule has 5 rings (SSSR count). The molecule has 2 N–H and O–H groups in total. The summed E-state index contributed by atoms with van der Waals surface area (Å²) in [5.41, 5.74) is 4.11. The highest BCUT2D eigenvalue weighted by Gasteiger charge is 2.40. The van der Waals surface area contributed by atoms with Crippen molar-refractivity contribution < 1.29 is 24.3 Å². The fourth-order valence-electron chi connectivity index (χ4n) is 4.10. The molecule has 8 nitrogen and oxygen atoms in total. The van der Waals surface area contributed by atoms with Gasteiger partial charge in [-0.3, -0.25) is 19.2 Å². The van der Waals surface area contributed by atoms with Gasteiger partial charge < -0.3 is 10.4 Å². The SMILES string of the molecule is Cc1ccc2nc(-c3ccc(N4C(=O)CC(Sc5ccc(NC(=O)CCC(=O)O)cc5)C4=O)cc3)sc2c1. The average molecular weight is 546 g/mol. The molecule has 1 saturated heterocycles. The summed E-state index contributed by atoms with van der Waals surface area (Å²) in [6, 6.07) is 20.3. The zero-order valence-electron chi connectivity index (χ0n) is 20.3. The van der Waals surface area contributed by atoms with Gasteiger partial charge in [0.2, 0.25) is 17.7 Å². The molecule has 0 saturated carbocycles. The second-order valence-corrected chi connectivity index (χ2v) is 11.2. The number of carboxylic acids is 1. The van der Waals surface area contributed by atoms with Crippen molar-refractivity contribution >= 4 is 68.4 Å². The quantitative estimate of drug-likeness (QED) is 0.281. The van der Waals surface area contributed by atoms with Crippen LogP contribution in [0.5, 0.6) is 0 Å². The van der Waals surface area contributed by atoms with Gasteiger partial charge in [-0.2, -0.15) is 0 Å². The standard InChI is InChI=1S/C28H23N3O5S2/c1-16-2-11-21-22(14-16)38-27(30-21)17-3-7-19(8-4-17)31-25(33)15-23(28(31)36)37-20-9-5-18(6-10-20)29-24(32)12-13-26(34)35/h2-11,14,23H,12-13,15H2,1H3,(H,29,32)(H,34,35). The van der Waals surface area contributed by atoms with Gasteiger partial charge in [-0.1, -0.05) is 6.07 Å². The number of rotatable bonds is 8. The van der Waals surface area contributed by atoms with Crippen LogP contribution in [0.25, 0.3) is 20.8 Å². The maximum atomic E-state index is 13.1. The summed E-state index contributed by atoms with van der Waals surface area (Å²) in [5.74, 6) is -1.94. The molecule has 2 heterocycles. The Kier molecular flexibility index (Phi) is 7.26. The van der Waals surface area contributed by atoms with E-state index in [1.54, 1.807) is 47.7 Å². The van der Waals surface area contributed by atoms with Crippen molar-refractivity contribution in [3.05, 3.63) is 72.3 Å². The van der Waals surface area contributed by atoms with E-state index in [1.165, 1.54) is 22.2 Å². The molecule has 0 bridgehead atoms. The number of aliphatic carboxylic acids is 1. The molecular formula is C28H23N3O5S2. The van der Waals surface area contributed by atoms with Crippen LogP contribution < -0.4 is 10.2 Å². The number of amides is 3. The highest BCUT2D eigenvalue weighted by molar-refractivity contribution is 8.00. The summed E-state index contributed by atoms with van der Waals surface area (Å²) in [4.78, 5) is 55.0. The zero-order valence-corrected chi connectivity index (χ0v) is 22.0. The molecule has 38 heavy (non-hydrogen) atoms. The number of thiazole rings is 1. The Morgan fingerprint density at radius 3 is 2.50 bits per heavy atom. The van der Waals surface area contributed by atoms with Crippen molar-refractivity contribution in [3.63, 3.8) is 0 Å². The first-order valence-corrected chi connectivity index (χ1v) is 13.6. The predicted octanol–water partition coefficient (Wildman–Crippen LogP) is 5.50. The van der Waals surface area contributed by atoms with E-state index in [0.29, 0.717) is 11.4 Å². The normalized spacial score (nSPS) is 15.3. The van der Waals surface area contributed by atoms with Crippen LogP contribution in [0.15, 0.2) is 71.6 Å². The molecule has 10 heteroatoms. The molecule has 0 aliphatic carbocycles. The third-order valence-corrected chi connectivity index (χ3v) is 8.27. The van der Waals surface area contributed by atoms with Crippen molar-refractivity contribution in [2.24, 2.45) is 0 Å². The van der Waals surface area contributed by atoms with E-state index in [0.717, 1.165) is 25.7 Å². The van der Waals surface area contributed by atoms with E-state index in [1.807, 2.05) is 31.2 Å². The molecule has 3 aromatic carbocycles. The minimum absolute atomic E-state index is 0.0934. The Bertz CT molecular complexity index is 1550. The lowest BCUT2D eigenvalue weighted by molar-refractivity contribution is -0.138. The van der Waals surface area contributed by atoms with Crippen molar-refractivity contribution in [2.75, 3.05) is 10.2 Å². The number of thioether (sulfide) groups is 1. The van der Waals surface area contributed by atoms with E-state index in [2.05, 4.69) is 11.4 Å². The van der Waals surface area contributed by atoms with Crippen LogP contribution in [-0.2, 0) is 19.2 Å². The fourth-order valence-corrected chi connectivity index (χ4v) is 6.22. The number of hydrogen-bond donors (Lipinski definition) is 2. The molecular weight excluding hydrogens is 522 g/mol. The number of hydrogen-bond acceptors (Lipinski definition) is 7. The first-order valence-electron chi connectivity index (χ1n) is 11.9. The number of fused-ring (bicyclic) bond motifs is 1. The topological polar surface area (TPSA) is 117 Å². The lowest BCUT2D eigenvalue weighted by Crippen LogP contribution is -2.31. The van der Waals surface area contributed by atoms with Crippen molar-refractivity contribution in [3.8, 4) is 10.6 Å². The van der Waals surface area contributed by atoms with Gasteiger partial charge in [0.05, 0.1) is 27.6 Å². The van der Waals surface area contributed by atoms with Crippen LogP contribution >= 0.6 is 23.1 Å². The number of anilines is 2. The van der Waals surface area contributed by atoms with E-state index in [9.17, 15) is 19.2 Å². The highest BCUT2D eigenvalue weighted by Crippen LogP contribution is 2.36. The van der Waals surface area contributed by atoms with Crippen LogP contribution in [0, 0.1) is 6.92 Å². The van der Waals surface area contributed by atoms with Crippen LogP contribution in [0.1, 0.15) is 24.8 Å². The fraction of sp³-hybridized carbons (Fsp3) is 0.179. The number of carboxylic acid groups (broad SMARTS) is 1. The summed E-state index contributed by atoms with van der Waals surface area (Å²) in [5, 5.41) is 11.7. The first kappa shape index (κ1) is 25.6. The summed E-state index contributed by atoms with van der Waals surface area (Å²) in [6.07, 6.45) is -0.254. The Balaban J connectivity index is 1.23. The number of benzene rings is 3. The third kappa shape index (κ3) is 5.61. The maximum Gasteiger partial charge on any atom is 0.303 e. The second kappa shape index (κ2) is 10.8. The Hall–Kier alpha value is -4.02. The molecule has 3 amide bonds. The molecule has 1 aliphatic heterocycles. The molecule has 4 aromatic rings. The predicted molar refractivity (Wildman–Crippen MR) is 148 cm³/mol. The van der Waals surface area contributed by atoms with Crippen molar-refractivity contribution in [1.29, 1.82) is 0 Å². The minimum atomic E-state index is -1.03. The molecule has 1 aromatic heterocycles. The molecule has 1 fully saturated rings. The van der Waals surface area contributed by atoms with E-state index < -0.39 is 11.2 Å². The van der Waals surface area contributed by atoms with Crippen LogP contribution in [0.3, 0.4) is 0 Å². The monoisotopic (exact) mass is 545 g/mol. The van der Waals surface area contributed by atoms with Crippen molar-refractivity contribution in [2.45, 2.75) is 36.3 Å².